The first-order valence-electron chi connectivity index (χ1n) is 6.02. The van der Waals surface area contributed by atoms with Crippen molar-refractivity contribution in [2.75, 3.05) is 0 Å². The van der Waals surface area contributed by atoms with Crippen molar-refractivity contribution in [1.29, 1.82) is 0 Å². The zero-order valence-electron chi connectivity index (χ0n) is 10.5. The summed E-state index contributed by atoms with van der Waals surface area (Å²) in [7, 11) is 2.05. The van der Waals surface area contributed by atoms with Crippen LogP contribution in [0, 0.1) is 0 Å². The number of fused-ring (bicyclic) bond motifs is 1. The van der Waals surface area contributed by atoms with Crippen molar-refractivity contribution in [3.63, 3.8) is 0 Å². The standard InChI is InChI=1S/C14H16N4/c1-9(15)11-8-12(17-16-11)14-7-10-5-3-4-6-13(10)18(14)2/h3-9H,15H2,1-2H3,(H,16,17). The quantitative estimate of drug-likeness (QED) is 0.723. The Morgan fingerprint density at radius 1 is 1.28 bits per heavy atom. The van der Waals surface area contributed by atoms with E-state index in [1.54, 1.807) is 0 Å². The number of para-hydroxylation sites is 1. The van der Waals surface area contributed by atoms with Gasteiger partial charge in [0.15, 0.2) is 0 Å². The second kappa shape index (κ2) is 3.99. The maximum atomic E-state index is 5.84. The molecule has 0 saturated heterocycles. The van der Waals surface area contributed by atoms with Crippen molar-refractivity contribution >= 4 is 10.9 Å². The molecule has 0 bridgehead atoms. The Kier molecular flexibility index (Phi) is 2.45. The first-order chi connectivity index (χ1) is 8.66. The average Bonchev–Trinajstić information content (AvgIpc) is 2.95. The van der Waals surface area contributed by atoms with Crippen molar-refractivity contribution in [3.05, 3.63) is 42.1 Å². The minimum Gasteiger partial charge on any atom is -0.342 e. The van der Waals surface area contributed by atoms with Crippen molar-refractivity contribution in [2.45, 2.75) is 13.0 Å². The summed E-state index contributed by atoms with van der Waals surface area (Å²) in [6.45, 7) is 1.94. The van der Waals surface area contributed by atoms with Crippen molar-refractivity contribution < 1.29 is 0 Å². The predicted molar refractivity (Wildman–Crippen MR) is 73.1 cm³/mol. The second-order valence-corrected chi connectivity index (χ2v) is 4.64. The molecule has 4 heteroatoms. The number of hydrogen-bond donors (Lipinski definition) is 2. The first-order valence-corrected chi connectivity index (χ1v) is 6.02. The number of benzene rings is 1. The van der Waals surface area contributed by atoms with E-state index in [1.807, 2.05) is 25.1 Å². The summed E-state index contributed by atoms with van der Waals surface area (Å²) >= 11 is 0. The molecule has 3 rings (SSSR count). The van der Waals surface area contributed by atoms with Crippen LogP contribution in [0.4, 0.5) is 0 Å². The van der Waals surface area contributed by atoms with Gasteiger partial charge in [0.25, 0.3) is 0 Å². The van der Waals surface area contributed by atoms with Crippen LogP contribution >= 0.6 is 0 Å². The van der Waals surface area contributed by atoms with Gasteiger partial charge < -0.3 is 10.3 Å². The Morgan fingerprint density at radius 3 is 2.72 bits per heavy atom. The third-order valence-electron chi connectivity index (χ3n) is 3.30. The predicted octanol–water partition coefficient (Wildman–Crippen LogP) is 2.59. The molecule has 2 heterocycles. The smallest absolute Gasteiger partial charge is 0.109 e. The highest BCUT2D eigenvalue weighted by atomic mass is 15.1. The SMILES string of the molecule is CC(N)c1cc(-c2cc3ccccc3n2C)n[nH]1. The highest BCUT2D eigenvalue weighted by Gasteiger charge is 2.11. The Hall–Kier alpha value is -2.07. The Balaban J connectivity index is 2.15. The molecule has 0 aliphatic rings. The number of aryl methyl sites for hydroxylation is 1. The zero-order valence-corrected chi connectivity index (χ0v) is 10.5. The van der Waals surface area contributed by atoms with Crippen LogP contribution < -0.4 is 5.73 Å². The molecule has 4 nitrogen and oxygen atoms in total. The van der Waals surface area contributed by atoms with Gasteiger partial charge >= 0.3 is 0 Å². The van der Waals surface area contributed by atoms with E-state index in [9.17, 15) is 0 Å². The lowest BCUT2D eigenvalue weighted by atomic mass is 10.2. The molecule has 0 fully saturated rings. The zero-order chi connectivity index (χ0) is 12.7. The van der Waals surface area contributed by atoms with Crippen molar-refractivity contribution in [3.8, 4) is 11.4 Å². The van der Waals surface area contributed by atoms with Crippen molar-refractivity contribution in [1.82, 2.24) is 14.8 Å². The van der Waals surface area contributed by atoms with Crippen LogP contribution in [0.1, 0.15) is 18.7 Å². The monoisotopic (exact) mass is 240 g/mol. The molecule has 0 saturated carbocycles. The van der Waals surface area contributed by atoms with Crippen LogP contribution in [0.25, 0.3) is 22.3 Å². The second-order valence-electron chi connectivity index (χ2n) is 4.64. The summed E-state index contributed by atoms with van der Waals surface area (Å²) in [5, 5.41) is 8.55. The van der Waals surface area contributed by atoms with E-state index >= 15 is 0 Å². The Labute approximate surface area is 105 Å². The molecule has 3 aromatic rings. The van der Waals surface area contributed by atoms with E-state index in [0.717, 1.165) is 17.1 Å². The number of nitrogens with zero attached hydrogens (tertiary/aromatic N) is 2. The number of H-pyrrole nitrogens is 1. The van der Waals surface area contributed by atoms with E-state index in [1.165, 1.54) is 10.9 Å². The summed E-state index contributed by atoms with van der Waals surface area (Å²) < 4.78 is 2.15. The molecule has 2 aromatic heterocycles. The number of nitrogens with one attached hydrogen (secondary N) is 1. The van der Waals surface area contributed by atoms with E-state index in [-0.39, 0.29) is 6.04 Å². The highest BCUT2D eigenvalue weighted by Crippen LogP contribution is 2.26. The molecule has 1 atom stereocenters. The van der Waals surface area contributed by atoms with Gasteiger partial charge in [-0.05, 0) is 25.1 Å². The number of aromatic nitrogens is 3. The normalized spacial score (nSPS) is 13.1. The third-order valence-corrected chi connectivity index (χ3v) is 3.30. The third kappa shape index (κ3) is 1.62. The fourth-order valence-electron chi connectivity index (χ4n) is 2.24. The van der Waals surface area contributed by atoms with Gasteiger partial charge in [0.2, 0.25) is 0 Å². The maximum Gasteiger partial charge on any atom is 0.109 e. The summed E-state index contributed by atoms with van der Waals surface area (Å²) in [6, 6.07) is 12.4. The Morgan fingerprint density at radius 2 is 2.06 bits per heavy atom. The molecule has 18 heavy (non-hydrogen) atoms. The van der Waals surface area contributed by atoms with E-state index in [0.29, 0.717) is 0 Å². The average molecular weight is 240 g/mol. The minimum atomic E-state index is -0.0269. The first kappa shape index (κ1) is 11.0. The maximum absolute atomic E-state index is 5.84. The van der Waals surface area contributed by atoms with Gasteiger partial charge in [0, 0.05) is 24.0 Å². The van der Waals surface area contributed by atoms with Crippen LogP contribution in [0.15, 0.2) is 36.4 Å². The number of nitrogens with two attached hydrogens (primary N) is 1. The topological polar surface area (TPSA) is 59.6 Å². The number of aromatic amines is 1. The van der Waals surface area contributed by atoms with E-state index < -0.39 is 0 Å². The van der Waals surface area contributed by atoms with Gasteiger partial charge in [-0.15, -0.1) is 0 Å². The van der Waals surface area contributed by atoms with E-state index in [4.69, 9.17) is 5.73 Å². The fourth-order valence-corrected chi connectivity index (χ4v) is 2.24. The molecule has 92 valence electrons. The molecular formula is C14H16N4. The van der Waals surface area contributed by atoms with Crippen LogP contribution in [0.2, 0.25) is 0 Å². The van der Waals surface area contributed by atoms with Gasteiger partial charge in [-0.1, -0.05) is 18.2 Å². The minimum absolute atomic E-state index is 0.0269. The van der Waals surface area contributed by atoms with Gasteiger partial charge in [-0.3, -0.25) is 5.10 Å². The van der Waals surface area contributed by atoms with Gasteiger partial charge in [0.1, 0.15) is 5.69 Å². The van der Waals surface area contributed by atoms with Crippen LogP contribution in [0.3, 0.4) is 0 Å². The summed E-state index contributed by atoms with van der Waals surface area (Å²) in [6.07, 6.45) is 0. The number of hydrogen-bond acceptors (Lipinski definition) is 2. The summed E-state index contributed by atoms with van der Waals surface area (Å²) in [4.78, 5) is 0. The van der Waals surface area contributed by atoms with Crippen LogP contribution in [0.5, 0.6) is 0 Å². The molecule has 1 unspecified atom stereocenters. The Bertz CT molecular complexity index is 691. The molecular weight excluding hydrogens is 224 g/mol. The van der Waals surface area contributed by atoms with Gasteiger partial charge in [-0.25, -0.2) is 0 Å². The lowest BCUT2D eigenvalue weighted by Crippen LogP contribution is -2.04. The van der Waals surface area contributed by atoms with Gasteiger partial charge in [0.05, 0.1) is 11.4 Å². The van der Waals surface area contributed by atoms with Gasteiger partial charge in [-0.2, -0.15) is 5.10 Å². The molecule has 0 aliphatic carbocycles. The lowest BCUT2D eigenvalue weighted by Gasteiger charge is -2.00. The van der Waals surface area contributed by atoms with Crippen LogP contribution in [-0.4, -0.2) is 14.8 Å². The summed E-state index contributed by atoms with van der Waals surface area (Å²) in [5.74, 6) is 0. The summed E-state index contributed by atoms with van der Waals surface area (Å²) in [5.41, 5.74) is 10.0. The highest BCUT2D eigenvalue weighted by molar-refractivity contribution is 5.86. The fraction of sp³-hybridized carbons (Fsp3) is 0.214. The molecule has 1 aromatic carbocycles. The molecule has 0 aliphatic heterocycles. The number of rotatable bonds is 2. The molecule has 0 radical (unpaired) electrons. The van der Waals surface area contributed by atoms with E-state index in [2.05, 4.69) is 40.0 Å². The largest absolute Gasteiger partial charge is 0.342 e. The van der Waals surface area contributed by atoms with Crippen LogP contribution in [-0.2, 0) is 7.05 Å². The molecule has 3 N–H and O–H groups in total. The molecule has 0 spiro atoms. The van der Waals surface area contributed by atoms with Crippen molar-refractivity contribution in [2.24, 2.45) is 12.8 Å². The molecule has 0 amide bonds. The lowest BCUT2D eigenvalue weighted by molar-refractivity contribution is 0.772.